The summed E-state index contributed by atoms with van der Waals surface area (Å²) in [6, 6.07) is 9.36. The molecule has 4 heterocycles. The summed E-state index contributed by atoms with van der Waals surface area (Å²) in [5, 5.41) is 6.20. The lowest BCUT2D eigenvalue weighted by molar-refractivity contribution is -0.143. The standard InChI is InChI=1S/C23H19ClN4O6/c24-12-3-1-2-11-19(12)26-22(32)23(11)18-17(13(27-23)7-16(25)29)20(30)28(21(18)31)8-10-4-5-14-15(6-10)34-9-33-14/h1-6,13,17-18,27H,7-9H2,(H2,25,29)(H,26,32)/t13-,17+,18-,23-/m0/s1. The summed E-state index contributed by atoms with van der Waals surface area (Å²) in [5.74, 6) is -3.00. The molecule has 0 saturated carbocycles. The number of nitrogens with two attached hydrogens (primary N) is 1. The van der Waals surface area contributed by atoms with Gasteiger partial charge in [0, 0.05) is 18.0 Å². The zero-order valence-corrected chi connectivity index (χ0v) is 18.4. The van der Waals surface area contributed by atoms with E-state index in [0.29, 0.717) is 33.3 Å². The number of rotatable bonds is 4. The summed E-state index contributed by atoms with van der Waals surface area (Å²) < 4.78 is 10.7. The third-order valence-corrected chi connectivity index (χ3v) is 7.30. The largest absolute Gasteiger partial charge is 0.454 e. The molecule has 6 rings (SSSR count). The minimum absolute atomic E-state index is 0.00923. The second-order valence-corrected chi connectivity index (χ2v) is 9.21. The second kappa shape index (κ2) is 7.18. The summed E-state index contributed by atoms with van der Waals surface area (Å²) in [4.78, 5) is 53.6. The van der Waals surface area contributed by atoms with Gasteiger partial charge >= 0.3 is 0 Å². The number of hydrogen-bond donors (Lipinski definition) is 3. The van der Waals surface area contributed by atoms with Crippen LogP contribution in [0.1, 0.15) is 17.5 Å². The van der Waals surface area contributed by atoms with Crippen LogP contribution in [-0.4, -0.2) is 41.4 Å². The van der Waals surface area contributed by atoms with E-state index in [-0.39, 0.29) is 19.8 Å². The first-order valence-electron chi connectivity index (χ1n) is 10.7. The molecule has 0 radical (unpaired) electrons. The minimum atomic E-state index is -1.54. The van der Waals surface area contributed by atoms with Crippen molar-refractivity contribution in [3.63, 3.8) is 0 Å². The Morgan fingerprint density at radius 2 is 1.94 bits per heavy atom. The van der Waals surface area contributed by atoms with E-state index in [4.69, 9.17) is 26.8 Å². The molecule has 174 valence electrons. The number of anilines is 1. The number of benzene rings is 2. The molecule has 4 aliphatic rings. The number of amides is 4. The Morgan fingerprint density at radius 1 is 1.15 bits per heavy atom. The summed E-state index contributed by atoms with van der Waals surface area (Å²) in [6.07, 6.45) is -0.205. The molecule has 34 heavy (non-hydrogen) atoms. The fraction of sp³-hybridized carbons (Fsp3) is 0.304. The van der Waals surface area contributed by atoms with E-state index in [9.17, 15) is 19.2 Å². The molecule has 4 amide bonds. The van der Waals surface area contributed by atoms with Crippen molar-refractivity contribution in [1.82, 2.24) is 10.2 Å². The predicted octanol–water partition coefficient (Wildman–Crippen LogP) is 0.865. The van der Waals surface area contributed by atoms with Crippen molar-refractivity contribution in [3.05, 3.63) is 52.5 Å². The van der Waals surface area contributed by atoms with Gasteiger partial charge in [-0.25, -0.2) is 0 Å². The van der Waals surface area contributed by atoms with Crippen molar-refractivity contribution >= 4 is 40.9 Å². The Morgan fingerprint density at radius 3 is 2.74 bits per heavy atom. The third-order valence-electron chi connectivity index (χ3n) is 6.99. The Kier molecular flexibility index (Phi) is 4.42. The van der Waals surface area contributed by atoms with Crippen LogP contribution in [0.15, 0.2) is 36.4 Å². The zero-order valence-electron chi connectivity index (χ0n) is 17.7. The highest BCUT2D eigenvalue weighted by atomic mass is 35.5. The maximum Gasteiger partial charge on any atom is 0.250 e. The lowest BCUT2D eigenvalue weighted by Gasteiger charge is -2.29. The zero-order chi connectivity index (χ0) is 23.8. The molecule has 4 N–H and O–H groups in total. The van der Waals surface area contributed by atoms with E-state index >= 15 is 0 Å². The summed E-state index contributed by atoms with van der Waals surface area (Å²) in [6.45, 7) is 0.0925. The average molecular weight is 483 g/mol. The quantitative estimate of drug-likeness (QED) is 0.549. The van der Waals surface area contributed by atoms with E-state index < -0.39 is 47.0 Å². The van der Waals surface area contributed by atoms with Crippen molar-refractivity contribution in [3.8, 4) is 11.5 Å². The van der Waals surface area contributed by atoms with Gasteiger partial charge in [0.1, 0.15) is 5.54 Å². The lowest BCUT2D eigenvalue weighted by atomic mass is 9.76. The number of primary amides is 1. The van der Waals surface area contributed by atoms with Crippen LogP contribution < -0.4 is 25.8 Å². The van der Waals surface area contributed by atoms with Gasteiger partial charge in [0.05, 0.1) is 29.1 Å². The van der Waals surface area contributed by atoms with Crippen LogP contribution in [0, 0.1) is 11.8 Å². The molecule has 2 aromatic carbocycles. The highest BCUT2D eigenvalue weighted by molar-refractivity contribution is 6.35. The van der Waals surface area contributed by atoms with Crippen molar-refractivity contribution < 1.29 is 28.7 Å². The first-order valence-corrected chi connectivity index (χ1v) is 11.1. The van der Waals surface area contributed by atoms with Crippen LogP contribution >= 0.6 is 11.6 Å². The normalized spacial score (nSPS) is 28.4. The Hall–Kier alpha value is -3.63. The Balaban J connectivity index is 1.42. The van der Waals surface area contributed by atoms with Crippen molar-refractivity contribution in [2.45, 2.75) is 24.5 Å². The number of nitrogens with zero attached hydrogens (tertiary/aromatic N) is 1. The van der Waals surface area contributed by atoms with Crippen molar-refractivity contribution in [2.75, 3.05) is 12.1 Å². The van der Waals surface area contributed by atoms with E-state index in [2.05, 4.69) is 10.6 Å². The molecule has 4 aliphatic heterocycles. The minimum Gasteiger partial charge on any atom is -0.454 e. The SMILES string of the molecule is NC(=O)C[C@@H]1N[C@]2(C(=O)Nc3c(Cl)cccc32)[C@@H]2C(=O)N(Cc3ccc4c(c3)OCO4)C(=O)[C@H]12. The summed E-state index contributed by atoms with van der Waals surface area (Å²) in [7, 11) is 0. The van der Waals surface area contributed by atoms with Gasteiger partial charge in [0.15, 0.2) is 11.5 Å². The molecule has 0 aromatic heterocycles. The molecule has 10 nitrogen and oxygen atoms in total. The number of para-hydroxylation sites is 1. The molecule has 0 aliphatic carbocycles. The van der Waals surface area contributed by atoms with Crippen molar-refractivity contribution in [1.29, 1.82) is 0 Å². The number of halogens is 1. The number of likely N-dealkylation sites (tertiary alicyclic amines) is 1. The third kappa shape index (κ3) is 2.72. The Bertz CT molecular complexity index is 1300. The summed E-state index contributed by atoms with van der Waals surface area (Å²) >= 11 is 6.31. The van der Waals surface area contributed by atoms with Gasteiger partial charge in [-0.3, -0.25) is 29.4 Å². The van der Waals surface area contributed by atoms with Crippen LogP contribution in [0.2, 0.25) is 5.02 Å². The monoisotopic (exact) mass is 482 g/mol. The highest BCUT2D eigenvalue weighted by Crippen LogP contribution is 2.54. The van der Waals surface area contributed by atoms with Crippen LogP contribution in [0.5, 0.6) is 11.5 Å². The van der Waals surface area contributed by atoms with E-state index in [0.717, 1.165) is 4.90 Å². The van der Waals surface area contributed by atoms with E-state index in [1.54, 1.807) is 36.4 Å². The maximum absolute atomic E-state index is 13.7. The molecule has 2 fully saturated rings. The molecule has 2 saturated heterocycles. The number of nitrogens with one attached hydrogen (secondary N) is 2. The lowest BCUT2D eigenvalue weighted by Crippen LogP contribution is -2.53. The van der Waals surface area contributed by atoms with Gasteiger partial charge in [0.2, 0.25) is 30.4 Å². The van der Waals surface area contributed by atoms with Gasteiger partial charge in [-0.1, -0.05) is 29.8 Å². The molecule has 2 aromatic rings. The molecule has 11 heteroatoms. The predicted molar refractivity (Wildman–Crippen MR) is 118 cm³/mol. The van der Waals surface area contributed by atoms with Crippen LogP contribution in [0.4, 0.5) is 5.69 Å². The van der Waals surface area contributed by atoms with Crippen LogP contribution in [-0.2, 0) is 31.3 Å². The maximum atomic E-state index is 13.7. The topological polar surface area (TPSA) is 140 Å². The molecule has 4 atom stereocenters. The number of carbonyl (C=O) groups excluding carboxylic acids is 4. The molecule has 0 bridgehead atoms. The molecular formula is C23H19ClN4O6. The van der Waals surface area contributed by atoms with Gasteiger partial charge < -0.3 is 20.5 Å². The fourth-order valence-corrected chi connectivity index (χ4v) is 5.84. The smallest absolute Gasteiger partial charge is 0.250 e. The number of imide groups is 1. The van der Waals surface area contributed by atoms with Crippen LogP contribution in [0.25, 0.3) is 0 Å². The summed E-state index contributed by atoms with van der Waals surface area (Å²) in [5.41, 5.74) is 5.43. The molecular weight excluding hydrogens is 464 g/mol. The first-order chi connectivity index (χ1) is 16.3. The van der Waals surface area contributed by atoms with Crippen molar-refractivity contribution in [2.24, 2.45) is 17.6 Å². The first kappa shape index (κ1) is 20.9. The number of hydrogen-bond acceptors (Lipinski definition) is 7. The van der Waals surface area contributed by atoms with Gasteiger partial charge in [-0.05, 0) is 23.8 Å². The number of fused-ring (bicyclic) bond motifs is 5. The van der Waals surface area contributed by atoms with Gasteiger partial charge in [-0.15, -0.1) is 0 Å². The second-order valence-electron chi connectivity index (χ2n) is 8.80. The van der Waals surface area contributed by atoms with Gasteiger partial charge in [-0.2, -0.15) is 0 Å². The highest BCUT2D eigenvalue weighted by Gasteiger charge is 2.70. The average Bonchev–Trinajstić information content (AvgIpc) is 3.51. The Labute approximate surface area is 198 Å². The molecule has 0 unspecified atom stereocenters. The fourth-order valence-electron chi connectivity index (χ4n) is 5.62. The number of ether oxygens (including phenoxy) is 2. The van der Waals surface area contributed by atoms with Gasteiger partial charge in [0.25, 0.3) is 0 Å². The van der Waals surface area contributed by atoms with E-state index in [1.165, 1.54) is 0 Å². The number of carbonyl (C=O) groups is 4. The molecule has 1 spiro atoms. The van der Waals surface area contributed by atoms with Crippen LogP contribution in [0.3, 0.4) is 0 Å². The van der Waals surface area contributed by atoms with E-state index in [1.807, 2.05) is 0 Å².